The molecule has 2 aromatic heterocycles. The van der Waals surface area contributed by atoms with Crippen molar-refractivity contribution in [2.24, 2.45) is 0 Å². The van der Waals surface area contributed by atoms with Crippen LogP contribution in [0.5, 0.6) is 0 Å². The number of aromatic nitrogens is 3. The Morgan fingerprint density at radius 1 is 1.47 bits per heavy atom. The predicted molar refractivity (Wildman–Crippen MR) is 75.7 cm³/mol. The third-order valence-corrected chi connectivity index (χ3v) is 3.34. The van der Waals surface area contributed by atoms with Crippen LogP contribution in [0.15, 0.2) is 24.5 Å². The highest BCUT2D eigenvalue weighted by Crippen LogP contribution is 2.19. The Kier molecular flexibility index (Phi) is 4.40. The Balaban J connectivity index is 2.09. The first-order valence-electron chi connectivity index (χ1n) is 5.98. The van der Waals surface area contributed by atoms with Crippen molar-refractivity contribution in [3.8, 4) is 0 Å². The molecule has 6 nitrogen and oxygen atoms in total. The molecule has 0 unspecified atom stereocenters. The van der Waals surface area contributed by atoms with Crippen molar-refractivity contribution in [2.45, 2.75) is 13.3 Å². The van der Waals surface area contributed by atoms with Crippen molar-refractivity contribution in [1.29, 1.82) is 0 Å². The van der Waals surface area contributed by atoms with Gasteiger partial charge in [0.25, 0.3) is 5.91 Å². The lowest BCUT2D eigenvalue weighted by Gasteiger charge is -2.14. The second kappa shape index (κ2) is 6.24. The molecule has 0 aliphatic carbocycles. The van der Waals surface area contributed by atoms with Crippen LogP contribution in [0.3, 0.4) is 0 Å². The molecule has 0 radical (unpaired) electrons. The number of nitrogens with zero attached hydrogens (tertiary/aromatic N) is 4. The summed E-state index contributed by atoms with van der Waals surface area (Å²) in [5.74, 6) is -0.185. The molecule has 0 saturated carbocycles. The van der Waals surface area contributed by atoms with Gasteiger partial charge in [-0.2, -0.15) is 0 Å². The molecular weight excluding hydrogens is 262 g/mol. The molecule has 2 aromatic rings. The highest BCUT2D eigenvalue weighted by atomic mass is 32.1. The fraction of sp³-hybridized carbons (Fsp3) is 0.333. The number of hydrogen-bond donors (Lipinski definition) is 1. The van der Waals surface area contributed by atoms with Gasteiger partial charge in [-0.05, 0) is 18.6 Å². The third-order valence-electron chi connectivity index (χ3n) is 2.47. The highest BCUT2D eigenvalue weighted by molar-refractivity contribution is 7.17. The van der Waals surface area contributed by atoms with Crippen LogP contribution in [0.4, 0.5) is 10.8 Å². The molecular formula is C12H15N5OS. The van der Waals surface area contributed by atoms with Crippen LogP contribution in [0.2, 0.25) is 0 Å². The Morgan fingerprint density at radius 3 is 3.00 bits per heavy atom. The molecule has 0 aliphatic rings. The van der Waals surface area contributed by atoms with Crippen LogP contribution in [0.1, 0.15) is 23.1 Å². The van der Waals surface area contributed by atoms with E-state index in [-0.39, 0.29) is 5.91 Å². The van der Waals surface area contributed by atoms with E-state index in [0.29, 0.717) is 10.1 Å². The molecule has 0 saturated heterocycles. The number of amides is 1. The van der Waals surface area contributed by atoms with Gasteiger partial charge in [-0.25, -0.2) is 0 Å². The van der Waals surface area contributed by atoms with E-state index in [2.05, 4.69) is 27.4 Å². The average Bonchev–Trinajstić information content (AvgIpc) is 2.93. The van der Waals surface area contributed by atoms with E-state index in [4.69, 9.17) is 0 Å². The maximum absolute atomic E-state index is 12.2. The van der Waals surface area contributed by atoms with Gasteiger partial charge in [-0.1, -0.05) is 18.3 Å². The minimum absolute atomic E-state index is 0.185. The number of anilines is 2. The van der Waals surface area contributed by atoms with Crippen molar-refractivity contribution < 1.29 is 4.79 Å². The van der Waals surface area contributed by atoms with Gasteiger partial charge in [-0.15, -0.1) is 10.2 Å². The SMILES string of the molecule is CCCNc1nnc(C(=O)N(C)c2cccnc2)s1. The van der Waals surface area contributed by atoms with Gasteiger partial charge in [0.1, 0.15) is 0 Å². The van der Waals surface area contributed by atoms with Crippen molar-refractivity contribution in [1.82, 2.24) is 15.2 Å². The zero-order chi connectivity index (χ0) is 13.7. The summed E-state index contributed by atoms with van der Waals surface area (Å²) in [6.07, 6.45) is 4.30. The average molecular weight is 277 g/mol. The Labute approximate surface area is 115 Å². The summed E-state index contributed by atoms with van der Waals surface area (Å²) in [7, 11) is 1.69. The minimum atomic E-state index is -0.185. The first-order valence-corrected chi connectivity index (χ1v) is 6.79. The van der Waals surface area contributed by atoms with Crippen LogP contribution in [0.25, 0.3) is 0 Å². The standard InChI is InChI=1S/C12H15N5OS/c1-3-6-14-12-16-15-10(19-12)11(18)17(2)9-5-4-7-13-8-9/h4-5,7-8H,3,6H2,1-2H3,(H,14,16). The van der Waals surface area contributed by atoms with Crippen molar-refractivity contribution in [2.75, 3.05) is 23.8 Å². The lowest BCUT2D eigenvalue weighted by atomic mass is 10.4. The lowest BCUT2D eigenvalue weighted by Crippen LogP contribution is -2.26. The van der Waals surface area contributed by atoms with Gasteiger partial charge in [0.15, 0.2) is 0 Å². The number of pyridine rings is 1. The second-order valence-electron chi connectivity index (χ2n) is 3.91. The van der Waals surface area contributed by atoms with Crippen LogP contribution >= 0.6 is 11.3 Å². The van der Waals surface area contributed by atoms with E-state index in [9.17, 15) is 4.79 Å². The van der Waals surface area contributed by atoms with E-state index >= 15 is 0 Å². The Morgan fingerprint density at radius 2 is 2.32 bits per heavy atom. The smallest absolute Gasteiger partial charge is 0.289 e. The number of carbonyl (C=O) groups is 1. The molecule has 7 heteroatoms. The summed E-state index contributed by atoms with van der Waals surface area (Å²) in [6, 6.07) is 3.61. The summed E-state index contributed by atoms with van der Waals surface area (Å²) in [4.78, 5) is 17.7. The topological polar surface area (TPSA) is 71.0 Å². The summed E-state index contributed by atoms with van der Waals surface area (Å²) in [5.41, 5.74) is 0.728. The van der Waals surface area contributed by atoms with E-state index in [0.717, 1.165) is 18.7 Å². The zero-order valence-corrected chi connectivity index (χ0v) is 11.6. The summed E-state index contributed by atoms with van der Waals surface area (Å²) >= 11 is 1.26. The summed E-state index contributed by atoms with van der Waals surface area (Å²) in [5, 5.41) is 12.0. The van der Waals surface area contributed by atoms with Gasteiger partial charge < -0.3 is 10.2 Å². The number of carbonyl (C=O) groups excluding carboxylic acids is 1. The van der Waals surface area contributed by atoms with Crippen LogP contribution in [-0.4, -0.2) is 34.7 Å². The zero-order valence-electron chi connectivity index (χ0n) is 10.8. The highest BCUT2D eigenvalue weighted by Gasteiger charge is 2.18. The number of hydrogen-bond acceptors (Lipinski definition) is 6. The van der Waals surface area contributed by atoms with E-state index in [1.807, 2.05) is 6.07 Å². The Bertz CT molecular complexity index is 542. The lowest BCUT2D eigenvalue weighted by molar-refractivity contribution is 0.0992. The predicted octanol–water partition coefficient (Wildman–Crippen LogP) is 2.03. The molecule has 2 heterocycles. The fourth-order valence-corrected chi connectivity index (χ4v) is 2.17. The molecule has 0 spiro atoms. The molecule has 19 heavy (non-hydrogen) atoms. The number of rotatable bonds is 5. The molecule has 0 atom stereocenters. The van der Waals surface area contributed by atoms with Crippen LogP contribution < -0.4 is 10.2 Å². The van der Waals surface area contributed by atoms with E-state index in [1.54, 1.807) is 25.5 Å². The van der Waals surface area contributed by atoms with Crippen molar-refractivity contribution in [3.05, 3.63) is 29.5 Å². The maximum atomic E-state index is 12.2. The maximum Gasteiger partial charge on any atom is 0.289 e. The Hall–Kier alpha value is -2.02. The molecule has 0 fully saturated rings. The monoisotopic (exact) mass is 277 g/mol. The van der Waals surface area contributed by atoms with Gasteiger partial charge >= 0.3 is 0 Å². The molecule has 1 amide bonds. The quantitative estimate of drug-likeness (QED) is 0.905. The van der Waals surface area contributed by atoms with E-state index in [1.165, 1.54) is 16.2 Å². The molecule has 0 bridgehead atoms. The minimum Gasteiger partial charge on any atom is -0.360 e. The molecule has 0 aromatic carbocycles. The van der Waals surface area contributed by atoms with Gasteiger partial charge in [0.2, 0.25) is 10.1 Å². The normalized spacial score (nSPS) is 10.2. The number of nitrogens with one attached hydrogen (secondary N) is 1. The van der Waals surface area contributed by atoms with Crippen molar-refractivity contribution in [3.63, 3.8) is 0 Å². The molecule has 100 valence electrons. The van der Waals surface area contributed by atoms with Gasteiger partial charge in [-0.3, -0.25) is 9.78 Å². The van der Waals surface area contributed by atoms with Gasteiger partial charge in [0.05, 0.1) is 11.9 Å². The fourth-order valence-electron chi connectivity index (χ4n) is 1.43. The molecule has 1 N–H and O–H groups in total. The molecule has 2 rings (SSSR count). The van der Waals surface area contributed by atoms with E-state index < -0.39 is 0 Å². The molecule has 0 aliphatic heterocycles. The summed E-state index contributed by atoms with van der Waals surface area (Å²) < 4.78 is 0. The summed E-state index contributed by atoms with van der Waals surface area (Å²) in [6.45, 7) is 2.89. The second-order valence-corrected chi connectivity index (χ2v) is 4.89. The first kappa shape index (κ1) is 13.4. The van der Waals surface area contributed by atoms with Crippen LogP contribution in [-0.2, 0) is 0 Å². The van der Waals surface area contributed by atoms with Crippen LogP contribution in [0, 0.1) is 0 Å². The first-order chi connectivity index (χ1) is 9.22. The largest absolute Gasteiger partial charge is 0.360 e. The third kappa shape index (κ3) is 3.25. The van der Waals surface area contributed by atoms with Gasteiger partial charge in [0, 0.05) is 19.8 Å². The van der Waals surface area contributed by atoms with Crippen molar-refractivity contribution >= 4 is 28.1 Å².